The van der Waals surface area contributed by atoms with Crippen LogP contribution in [0, 0.1) is 0 Å². The van der Waals surface area contributed by atoms with Gasteiger partial charge in [0, 0.05) is 21.5 Å². The highest BCUT2D eigenvalue weighted by Gasteiger charge is 2.29. The van der Waals surface area contributed by atoms with Gasteiger partial charge in [0.2, 0.25) is 17.3 Å². The van der Waals surface area contributed by atoms with E-state index in [0.717, 1.165) is 33.5 Å². The normalized spacial score (nSPS) is 14.4. The van der Waals surface area contributed by atoms with Crippen LogP contribution in [0.4, 0.5) is 5.69 Å². The number of ether oxygens (including phenoxy) is 3. The zero-order valence-electron chi connectivity index (χ0n) is 18.2. The molecule has 4 rings (SSSR count). The van der Waals surface area contributed by atoms with Gasteiger partial charge in [0.05, 0.1) is 19.8 Å². The van der Waals surface area contributed by atoms with Crippen LogP contribution < -0.4 is 19.5 Å². The molecule has 2 heterocycles. The van der Waals surface area contributed by atoms with E-state index in [1.807, 2.05) is 36.4 Å². The van der Waals surface area contributed by atoms with Crippen LogP contribution in [-0.2, 0) is 0 Å². The van der Waals surface area contributed by atoms with Crippen molar-refractivity contribution in [3.63, 3.8) is 0 Å². The summed E-state index contributed by atoms with van der Waals surface area (Å²) < 4.78 is 18.4. The summed E-state index contributed by atoms with van der Waals surface area (Å²) in [5.74, 6) is 2.57. The maximum atomic E-state index is 6.40. The second-order valence-electron chi connectivity index (χ2n) is 7.22. The van der Waals surface area contributed by atoms with Gasteiger partial charge in [-0.3, -0.25) is 0 Å². The number of hydrogen-bond donors (Lipinski definition) is 1. The lowest BCUT2D eigenvalue weighted by molar-refractivity contribution is 0.218. The van der Waals surface area contributed by atoms with Crippen LogP contribution in [0.15, 0.2) is 46.0 Å². The molecule has 9 heteroatoms. The number of nitrogens with zero attached hydrogens (tertiary/aromatic N) is 3. The zero-order chi connectivity index (χ0) is 22.5. The van der Waals surface area contributed by atoms with Crippen molar-refractivity contribution in [3.05, 3.63) is 46.4 Å². The lowest BCUT2D eigenvalue weighted by Gasteiger charge is -2.22. The van der Waals surface area contributed by atoms with Gasteiger partial charge in [-0.2, -0.15) is 4.98 Å². The summed E-state index contributed by atoms with van der Waals surface area (Å²) in [6.07, 6.45) is 2.90. The fraction of sp³-hybridized carbons (Fsp3) is 0.348. The largest absolute Gasteiger partial charge is 0.493 e. The zero-order valence-corrected chi connectivity index (χ0v) is 20.6. The highest BCUT2D eigenvalue weighted by Crippen LogP contribution is 2.44. The summed E-state index contributed by atoms with van der Waals surface area (Å²) in [4.78, 5) is 4.71. The summed E-state index contributed by atoms with van der Waals surface area (Å²) >= 11 is 5.16. The minimum atomic E-state index is -0.576. The molecule has 0 bridgehead atoms. The van der Waals surface area contributed by atoms with E-state index in [1.165, 1.54) is 12.8 Å². The maximum absolute atomic E-state index is 6.40. The summed E-state index contributed by atoms with van der Waals surface area (Å²) in [6.45, 7) is 2.19. The number of nitrogens with one attached hydrogen (secondary N) is 1. The minimum Gasteiger partial charge on any atom is -0.493 e. The first-order valence-corrected chi connectivity index (χ1v) is 12.2. The molecule has 3 aromatic rings. The van der Waals surface area contributed by atoms with Gasteiger partial charge in [-0.25, -0.2) is 0 Å². The topological polar surface area (TPSA) is 78.4 Å². The third-order valence-corrected chi connectivity index (χ3v) is 6.45. The molecule has 0 saturated carbocycles. The molecular formula is C23H25BrN4O3S. The van der Waals surface area contributed by atoms with Gasteiger partial charge in [-0.15, -0.1) is 10.2 Å². The van der Waals surface area contributed by atoms with Crippen LogP contribution in [0.25, 0.3) is 11.3 Å². The highest BCUT2D eigenvalue weighted by atomic mass is 79.9. The summed E-state index contributed by atoms with van der Waals surface area (Å²) in [5.41, 5.74) is 3.14. The second-order valence-corrected chi connectivity index (χ2v) is 9.20. The molecule has 1 aliphatic rings. The quantitative estimate of drug-likeness (QED) is 0.284. The molecule has 2 aromatic carbocycles. The van der Waals surface area contributed by atoms with Crippen LogP contribution in [-0.4, -0.2) is 35.2 Å². The van der Waals surface area contributed by atoms with Gasteiger partial charge in [0.1, 0.15) is 0 Å². The van der Waals surface area contributed by atoms with Gasteiger partial charge >= 0.3 is 0 Å². The Morgan fingerprint density at radius 1 is 1.12 bits per heavy atom. The molecular weight excluding hydrogens is 492 g/mol. The van der Waals surface area contributed by atoms with Crippen molar-refractivity contribution in [2.24, 2.45) is 0 Å². The summed E-state index contributed by atoms with van der Waals surface area (Å²) in [6, 6.07) is 11.7. The third kappa shape index (κ3) is 4.78. The number of unbranched alkanes of at least 4 members (excludes halogenated alkanes) is 2. The fourth-order valence-electron chi connectivity index (χ4n) is 3.52. The predicted molar refractivity (Wildman–Crippen MR) is 130 cm³/mol. The van der Waals surface area contributed by atoms with E-state index < -0.39 is 6.23 Å². The molecule has 1 aromatic heterocycles. The average Bonchev–Trinajstić information content (AvgIpc) is 2.97. The van der Waals surface area contributed by atoms with E-state index in [9.17, 15) is 0 Å². The van der Waals surface area contributed by atoms with Gasteiger partial charge in [-0.1, -0.05) is 65.7 Å². The summed E-state index contributed by atoms with van der Waals surface area (Å²) in [7, 11) is 3.22. The first kappa shape index (κ1) is 22.7. The average molecular weight is 517 g/mol. The molecule has 1 aliphatic heterocycles. The Morgan fingerprint density at radius 2 is 1.97 bits per heavy atom. The molecule has 0 saturated heterocycles. The lowest BCUT2D eigenvalue weighted by Crippen LogP contribution is -2.18. The van der Waals surface area contributed by atoms with E-state index in [2.05, 4.69) is 38.4 Å². The van der Waals surface area contributed by atoms with Crippen molar-refractivity contribution in [1.29, 1.82) is 0 Å². The Hall–Kier alpha value is -2.52. The molecule has 0 radical (unpaired) electrons. The Balaban J connectivity index is 1.76. The number of hydrogen-bond acceptors (Lipinski definition) is 8. The lowest BCUT2D eigenvalue weighted by atomic mass is 10.1. The van der Waals surface area contributed by atoms with Crippen LogP contribution in [0.5, 0.6) is 17.4 Å². The molecule has 32 heavy (non-hydrogen) atoms. The smallest absolute Gasteiger partial charge is 0.247 e. The number of para-hydroxylation sites is 1. The van der Waals surface area contributed by atoms with Gasteiger partial charge in [-0.05, 0) is 24.6 Å². The number of methoxy groups -OCH3 is 2. The van der Waals surface area contributed by atoms with Crippen LogP contribution in [0.2, 0.25) is 0 Å². The van der Waals surface area contributed by atoms with Crippen molar-refractivity contribution in [3.8, 4) is 28.6 Å². The summed E-state index contributed by atoms with van der Waals surface area (Å²) in [5, 5.41) is 12.9. The van der Waals surface area contributed by atoms with E-state index >= 15 is 0 Å². The van der Waals surface area contributed by atoms with E-state index in [0.29, 0.717) is 28.2 Å². The third-order valence-electron chi connectivity index (χ3n) is 5.07. The number of halogens is 1. The molecule has 0 unspecified atom stereocenters. The van der Waals surface area contributed by atoms with E-state index in [4.69, 9.17) is 19.2 Å². The van der Waals surface area contributed by atoms with Gasteiger partial charge in [0.15, 0.2) is 17.2 Å². The number of fused-ring (bicyclic) bond motifs is 3. The molecule has 0 aliphatic carbocycles. The first-order chi connectivity index (χ1) is 15.6. The molecule has 7 nitrogen and oxygen atoms in total. The van der Waals surface area contributed by atoms with Crippen molar-refractivity contribution in [2.45, 2.75) is 37.6 Å². The molecule has 0 amide bonds. The van der Waals surface area contributed by atoms with Crippen molar-refractivity contribution in [2.75, 3.05) is 25.3 Å². The maximum Gasteiger partial charge on any atom is 0.247 e. The molecule has 1 N–H and O–H groups in total. The van der Waals surface area contributed by atoms with Gasteiger partial charge in [0.25, 0.3) is 0 Å². The van der Waals surface area contributed by atoms with Crippen LogP contribution >= 0.6 is 27.7 Å². The number of aromatic nitrogens is 3. The van der Waals surface area contributed by atoms with Crippen LogP contribution in [0.3, 0.4) is 0 Å². The Morgan fingerprint density at radius 3 is 2.75 bits per heavy atom. The highest BCUT2D eigenvalue weighted by molar-refractivity contribution is 9.10. The number of benzene rings is 2. The Bertz CT molecular complexity index is 1100. The van der Waals surface area contributed by atoms with Crippen molar-refractivity contribution >= 4 is 33.4 Å². The number of thioether (sulfide) groups is 1. The predicted octanol–water partition coefficient (Wildman–Crippen LogP) is 6.10. The van der Waals surface area contributed by atoms with Gasteiger partial charge < -0.3 is 19.5 Å². The minimum absolute atomic E-state index is 0.432. The number of anilines is 1. The SMILES string of the molecule is CCCCCSc1nnc2c(n1)O[C@@H](c1cc(Br)cc(OC)c1OC)Nc1ccccc1-2. The monoisotopic (exact) mass is 516 g/mol. The number of rotatable bonds is 8. The van der Waals surface area contributed by atoms with E-state index in [1.54, 1.807) is 26.0 Å². The molecule has 0 fully saturated rings. The fourth-order valence-corrected chi connectivity index (χ4v) is 4.75. The molecule has 168 valence electrons. The molecule has 1 atom stereocenters. The van der Waals surface area contributed by atoms with Crippen molar-refractivity contribution in [1.82, 2.24) is 15.2 Å². The standard InChI is InChI=1S/C23H25BrN4O3S/c1-4-5-8-11-32-23-26-22-19(27-28-23)15-9-6-7-10-17(15)25-21(31-22)16-12-14(24)13-18(29-2)20(16)30-3/h6-7,9-10,12-13,21,25H,4-5,8,11H2,1-3H3/t21-/m0/s1. The molecule has 0 spiro atoms. The Labute approximate surface area is 200 Å². The second kappa shape index (κ2) is 10.4. The van der Waals surface area contributed by atoms with E-state index in [-0.39, 0.29) is 0 Å². The van der Waals surface area contributed by atoms with Crippen LogP contribution in [0.1, 0.15) is 38.0 Å². The van der Waals surface area contributed by atoms with Crippen molar-refractivity contribution < 1.29 is 14.2 Å². The Kier molecular flexibility index (Phi) is 7.36. The first-order valence-electron chi connectivity index (χ1n) is 10.5.